The predicted molar refractivity (Wildman–Crippen MR) is 100 cm³/mol. The van der Waals surface area contributed by atoms with E-state index in [-0.39, 0.29) is 11.9 Å². The minimum absolute atomic E-state index is 0.114. The zero-order valence-electron chi connectivity index (χ0n) is 15.6. The van der Waals surface area contributed by atoms with Crippen LogP contribution in [0.1, 0.15) is 30.5 Å². The van der Waals surface area contributed by atoms with Crippen molar-refractivity contribution in [2.75, 3.05) is 6.61 Å². The van der Waals surface area contributed by atoms with Crippen molar-refractivity contribution < 1.29 is 14.3 Å². The smallest absolute Gasteiger partial charge is 0.261 e. The summed E-state index contributed by atoms with van der Waals surface area (Å²) in [4.78, 5) is 12.3. The highest BCUT2D eigenvalue weighted by atomic mass is 16.5. The van der Waals surface area contributed by atoms with Gasteiger partial charge in [0.2, 0.25) is 0 Å². The fraction of sp³-hybridized carbons (Fsp3) is 0.381. The Morgan fingerprint density at radius 2 is 1.72 bits per heavy atom. The second-order valence-electron chi connectivity index (χ2n) is 6.52. The first-order valence-corrected chi connectivity index (χ1v) is 8.59. The molecule has 1 amide bonds. The average molecular weight is 341 g/mol. The Morgan fingerprint density at radius 3 is 2.40 bits per heavy atom. The molecule has 0 radical (unpaired) electrons. The number of carbonyl (C=O) groups is 1. The largest absolute Gasteiger partial charge is 0.491 e. The van der Waals surface area contributed by atoms with Crippen molar-refractivity contribution in [3.8, 4) is 11.5 Å². The van der Waals surface area contributed by atoms with Crippen molar-refractivity contribution in [3.05, 3.63) is 59.2 Å². The highest BCUT2D eigenvalue weighted by molar-refractivity contribution is 5.81. The van der Waals surface area contributed by atoms with Gasteiger partial charge in [-0.25, -0.2) is 0 Å². The van der Waals surface area contributed by atoms with Gasteiger partial charge in [-0.3, -0.25) is 4.79 Å². The van der Waals surface area contributed by atoms with Gasteiger partial charge in [0.1, 0.15) is 18.1 Å². The summed E-state index contributed by atoms with van der Waals surface area (Å²) >= 11 is 0. The van der Waals surface area contributed by atoms with E-state index in [9.17, 15) is 4.79 Å². The Morgan fingerprint density at radius 1 is 1.00 bits per heavy atom. The average Bonchev–Trinajstić information content (AvgIpc) is 2.56. The third-order valence-corrected chi connectivity index (χ3v) is 3.97. The topological polar surface area (TPSA) is 47.6 Å². The summed E-state index contributed by atoms with van der Waals surface area (Å²) in [6, 6.07) is 13.6. The lowest BCUT2D eigenvalue weighted by atomic mass is 10.1. The minimum atomic E-state index is -0.567. The molecule has 4 heteroatoms. The Balaban J connectivity index is 1.84. The number of aryl methyl sites for hydroxylation is 3. The molecule has 2 atom stereocenters. The molecule has 2 aromatic carbocycles. The summed E-state index contributed by atoms with van der Waals surface area (Å²) in [6.45, 7) is 10.1. The highest BCUT2D eigenvalue weighted by Gasteiger charge is 2.18. The van der Waals surface area contributed by atoms with Crippen LogP contribution in [0.5, 0.6) is 11.5 Å². The first-order chi connectivity index (χ1) is 11.9. The Hall–Kier alpha value is -2.49. The predicted octanol–water partition coefficient (Wildman–Crippen LogP) is 3.96. The molecule has 2 rings (SSSR count). The van der Waals surface area contributed by atoms with Gasteiger partial charge < -0.3 is 14.8 Å². The van der Waals surface area contributed by atoms with Gasteiger partial charge in [0.25, 0.3) is 5.91 Å². The maximum absolute atomic E-state index is 12.3. The minimum Gasteiger partial charge on any atom is -0.491 e. The van der Waals surface area contributed by atoms with Crippen molar-refractivity contribution >= 4 is 5.91 Å². The number of benzene rings is 2. The molecule has 0 unspecified atom stereocenters. The lowest BCUT2D eigenvalue weighted by Gasteiger charge is -2.20. The van der Waals surface area contributed by atoms with Crippen LogP contribution in [0, 0.1) is 20.8 Å². The summed E-state index contributed by atoms with van der Waals surface area (Å²) in [5.41, 5.74) is 3.27. The second kappa shape index (κ2) is 8.56. The normalized spacial score (nSPS) is 13.0. The van der Waals surface area contributed by atoms with Gasteiger partial charge in [-0.05, 0) is 57.9 Å². The van der Waals surface area contributed by atoms with Gasteiger partial charge in [-0.1, -0.05) is 35.9 Å². The summed E-state index contributed by atoms with van der Waals surface area (Å²) < 4.78 is 11.6. The highest BCUT2D eigenvalue weighted by Crippen LogP contribution is 2.20. The van der Waals surface area contributed by atoms with Gasteiger partial charge in [0.15, 0.2) is 6.10 Å². The fourth-order valence-corrected chi connectivity index (χ4v) is 2.51. The summed E-state index contributed by atoms with van der Waals surface area (Å²) in [5.74, 6) is 1.42. The van der Waals surface area contributed by atoms with Crippen LogP contribution in [-0.4, -0.2) is 24.7 Å². The fourth-order valence-electron chi connectivity index (χ4n) is 2.51. The van der Waals surface area contributed by atoms with Crippen LogP contribution in [0.25, 0.3) is 0 Å². The Kier molecular flexibility index (Phi) is 6.45. The van der Waals surface area contributed by atoms with Crippen LogP contribution in [0.4, 0.5) is 0 Å². The van der Waals surface area contributed by atoms with Crippen molar-refractivity contribution in [2.45, 2.75) is 46.8 Å². The number of rotatable bonds is 7. The maximum Gasteiger partial charge on any atom is 0.261 e. The van der Waals surface area contributed by atoms with Gasteiger partial charge >= 0.3 is 0 Å². The molecule has 0 saturated carbocycles. The van der Waals surface area contributed by atoms with E-state index in [1.165, 1.54) is 5.56 Å². The summed E-state index contributed by atoms with van der Waals surface area (Å²) in [5, 5.41) is 2.93. The van der Waals surface area contributed by atoms with Crippen molar-refractivity contribution in [1.29, 1.82) is 0 Å². The molecular weight excluding hydrogens is 314 g/mol. The summed E-state index contributed by atoms with van der Waals surface area (Å²) in [7, 11) is 0. The van der Waals surface area contributed by atoms with Gasteiger partial charge in [0, 0.05) is 0 Å². The lowest BCUT2D eigenvalue weighted by molar-refractivity contribution is -0.128. The van der Waals surface area contributed by atoms with Crippen LogP contribution in [-0.2, 0) is 4.79 Å². The monoisotopic (exact) mass is 341 g/mol. The van der Waals surface area contributed by atoms with E-state index < -0.39 is 6.10 Å². The van der Waals surface area contributed by atoms with E-state index in [1.54, 1.807) is 6.92 Å². The number of nitrogens with one attached hydrogen (secondary N) is 1. The number of para-hydroxylation sites is 1. The van der Waals surface area contributed by atoms with E-state index in [0.29, 0.717) is 6.61 Å². The van der Waals surface area contributed by atoms with Crippen molar-refractivity contribution in [3.63, 3.8) is 0 Å². The van der Waals surface area contributed by atoms with E-state index in [0.717, 1.165) is 22.6 Å². The van der Waals surface area contributed by atoms with Crippen molar-refractivity contribution in [2.24, 2.45) is 0 Å². The van der Waals surface area contributed by atoms with Gasteiger partial charge in [-0.2, -0.15) is 0 Å². The molecule has 0 aliphatic rings. The van der Waals surface area contributed by atoms with Gasteiger partial charge in [0.05, 0.1) is 6.04 Å². The molecule has 0 saturated heterocycles. The summed E-state index contributed by atoms with van der Waals surface area (Å²) in [6.07, 6.45) is -0.567. The van der Waals surface area contributed by atoms with Crippen LogP contribution >= 0.6 is 0 Å². The lowest BCUT2D eigenvalue weighted by Crippen LogP contribution is -2.43. The van der Waals surface area contributed by atoms with Crippen LogP contribution in [0.3, 0.4) is 0 Å². The standard InChI is InChI=1S/C21H27NO3/c1-14-10-11-20(16(3)12-14)25-18(5)21(23)22-17(4)13-24-19-9-7-6-8-15(19)2/h6-12,17-18H,13H2,1-5H3,(H,22,23)/t17-,18-/m1/s1. The first-order valence-electron chi connectivity index (χ1n) is 8.59. The zero-order chi connectivity index (χ0) is 18.4. The quantitative estimate of drug-likeness (QED) is 0.829. The molecule has 0 fully saturated rings. The third-order valence-electron chi connectivity index (χ3n) is 3.97. The molecule has 134 valence electrons. The molecule has 0 bridgehead atoms. The van der Waals surface area contributed by atoms with E-state index in [2.05, 4.69) is 5.32 Å². The number of hydrogen-bond donors (Lipinski definition) is 1. The number of ether oxygens (including phenoxy) is 2. The number of hydrogen-bond acceptors (Lipinski definition) is 3. The second-order valence-corrected chi connectivity index (χ2v) is 6.52. The van der Waals surface area contributed by atoms with E-state index in [1.807, 2.05) is 70.2 Å². The Labute approximate surface area is 150 Å². The number of amides is 1. The Bertz CT molecular complexity index is 727. The molecule has 0 heterocycles. The van der Waals surface area contributed by atoms with Gasteiger partial charge in [-0.15, -0.1) is 0 Å². The molecule has 0 spiro atoms. The molecule has 1 N–H and O–H groups in total. The van der Waals surface area contributed by atoms with E-state index in [4.69, 9.17) is 9.47 Å². The molecule has 0 aliphatic carbocycles. The van der Waals surface area contributed by atoms with Crippen LogP contribution in [0.15, 0.2) is 42.5 Å². The van der Waals surface area contributed by atoms with Crippen molar-refractivity contribution in [1.82, 2.24) is 5.32 Å². The zero-order valence-corrected chi connectivity index (χ0v) is 15.6. The molecule has 2 aromatic rings. The molecule has 4 nitrogen and oxygen atoms in total. The maximum atomic E-state index is 12.3. The molecular formula is C21H27NO3. The third kappa shape index (κ3) is 5.52. The van der Waals surface area contributed by atoms with E-state index >= 15 is 0 Å². The molecule has 25 heavy (non-hydrogen) atoms. The molecule has 0 aromatic heterocycles. The SMILES string of the molecule is Cc1ccc(O[C@H](C)C(=O)N[C@H](C)COc2ccccc2C)c(C)c1. The first kappa shape index (κ1) is 18.8. The van der Waals surface area contributed by atoms with Crippen LogP contribution in [0.2, 0.25) is 0 Å². The molecule has 0 aliphatic heterocycles. The van der Waals surface area contributed by atoms with Crippen LogP contribution < -0.4 is 14.8 Å². The number of carbonyl (C=O) groups excluding carboxylic acids is 1.